The zero-order valence-electron chi connectivity index (χ0n) is 15.0. The molecular formula is C18H19N3O4S2. The highest BCUT2D eigenvalue weighted by Crippen LogP contribution is 2.32. The SMILES string of the molecule is CCSCc1cc(=O)[nH]c(SCC(=O)c2ccc3c(c2)N(C)C(=O)CO3)n1. The fourth-order valence-corrected chi connectivity index (χ4v) is 3.85. The molecule has 1 amide bonds. The lowest BCUT2D eigenvalue weighted by molar-refractivity contribution is -0.120. The number of hydrogen-bond acceptors (Lipinski definition) is 7. The van der Waals surface area contributed by atoms with Crippen molar-refractivity contribution >= 4 is 40.9 Å². The topological polar surface area (TPSA) is 92.4 Å². The third-order valence-corrected chi connectivity index (χ3v) is 5.72. The number of benzene rings is 1. The number of ketones is 1. The van der Waals surface area contributed by atoms with Gasteiger partial charge >= 0.3 is 0 Å². The molecular weight excluding hydrogens is 386 g/mol. The highest BCUT2D eigenvalue weighted by atomic mass is 32.2. The number of likely N-dealkylation sites (N-methyl/N-ethyl adjacent to an activating group) is 1. The predicted molar refractivity (Wildman–Crippen MR) is 107 cm³/mol. The molecule has 0 saturated carbocycles. The molecule has 0 aliphatic carbocycles. The van der Waals surface area contributed by atoms with Crippen molar-refractivity contribution in [1.29, 1.82) is 0 Å². The molecule has 0 radical (unpaired) electrons. The molecule has 1 N–H and O–H groups in total. The van der Waals surface area contributed by atoms with Crippen LogP contribution in [0.2, 0.25) is 0 Å². The van der Waals surface area contributed by atoms with Crippen LogP contribution in [0.1, 0.15) is 23.0 Å². The lowest BCUT2D eigenvalue weighted by Gasteiger charge is -2.26. The van der Waals surface area contributed by atoms with E-state index in [1.165, 1.54) is 22.7 Å². The smallest absolute Gasteiger partial charge is 0.264 e. The van der Waals surface area contributed by atoms with Crippen LogP contribution in [-0.4, -0.2) is 46.8 Å². The van der Waals surface area contributed by atoms with E-state index in [1.54, 1.807) is 37.0 Å². The Balaban J connectivity index is 1.71. The van der Waals surface area contributed by atoms with Crippen LogP contribution in [0.3, 0.4) is 0 Å². The molecule has 0 fully saturated rings. The first-order chi connectivity index (χ1) is 13.0. The lowest BCUT2D eigenvalue weighted by Crippen LogP contribution is -2.35. The van der Waals surface area contributed by atoms with Crippen LogP contribution >= 0.6 is 23.5 Å². The van der Waals surface area contributed by atoms with Gasteiger partial charge in [0.25, 0.3) is 11.5 Å². The molecule has 7 nitrogen and oxygen atoms in total. The number of rotatable bonds is 7. The van der Waals surface area contributed by atoms with Gasteiger partial charge in [-0.15, -0.1) is 0 Å². The Bertz CT molecular complexity index is 929. The highest BCUT2D eigenvalue weighted by molar-refractivity contribution is 7.99. The van der Waals surface area contributed by atoms with E-state index >= 15 is 0 Å². The molecule has 0 saturated heterocycles. The van der Waals surface area contributed by atoms with Gasteiger partial charge in [0, 0.05) is 24.4 Å². The number of carbonyl (C=O) groups is 2. The Kier molecular flexibility index (Phi) is 6.22. The van der Waals surface area contributed by atoms with Gasteiger partial charge < -0.3 is 14.6 Å². The minimum atomic E-state index is -0.224. The summed E-state index contributed by atoms with van der Waals surface area (Å²) >= 11 is 2.86. The summed E-state index contributed by atoms with van der Waals surface area (Å²) < 4.78 is 5.37. The summed E-state index contributed by atoms with van der Waals surface area (Å²) in [6, 6.07) is 6.50. The van der Waals surface area contributed by atoms with Crippen molar-refractivity contribution in [2.24, 2.45) is 0 Å². The molecule has 1 aromatic heterocycles. The molecule has 27 heavy (non-hydrogen) atoms. The Morgan fingerprint density at radius 3 is 2.93 bits per heavy atom. The second-order valence-corrected chi connectivity index (χ2v) is 8.05. The second-order valence-electron chi connectivity index (χ2n) is 5.81. The average molecular weight is 406 g/mol. The number of ether oxygens (including phenoxy) is 1. The van der Waals surface area contributed by atoms with E-state index in [9.17, 15) is 14.4 Å². The van der Waals surface area contributed by atoms with Crippen molar-refractivity contribution in [3.63, 3.8) is 0 Å². The number of thioether (sulfide) groups is 2. The van der Waals surface area contributed by atoms with Crippen LogP contribution in [0.4, 0.5) is 5.69 Å². The quantitative estimate of drug-likeness (QED) is 0.429. The molecule has 2 heterocycles. The molecule has 1 aromatic carbocycles. The van der Waals surface area contributed by atoms with Crippen molar-refractivity contribution in [3.8, 4) is 5.75 Å². The van der Waals surface area contributed by atoms with Crippen molar-refractivity contribution in [1.82, 2.24) is 9.97 Å². The largest absolute Gasteiger partial charge is 0.482 e. The van der Waals surface area contributed by atoms with E-state index in [-0.39, 0.29) is 29.6 Å². The van der Waals surface area contributed by atoms with E-state index < -0.39 is 0 Å². The minimum Gasteiger partial charge on any atom is -0.482 e. The van der Waals surface area contributed by atoms with E-state index in [1.807, 2.05) is 6.92 Å². The Labute approximate surface area is 164 Å². The van der Waals surface area contributed by atoms with Crippen molar-refractivity contribution in [3.05, 3.63) is 45.9 Å². The minimum absolute atomic E-state index is 0.00165. The number of Topliss-reactive ketones (excluding diaryl/α,β-unsaturated/α-hetero) is 1. The number of hydrogen-bond donors (Lipinski definition) is 1. The molecule has 9 heteroatoms. The second kappa shape index (κ2) is 8.62. The van der Waals surface area contributed by atoms with Gasteiger partial charge in [-0.05, 0) is 24.0 Å². The molecule has 0 spiro atoms. The van der Waals surface area contributed by atoms with Crippen molar-refractivity contribution < 1.29 is 14.3 Å². The van der Waals surface area contributed by atoms with Gasteiger partial charge in [0.05, 0.1) is 17.1 Å². The average Bonchev–Trinajstić information content (AvgIpc) is 2.67. The summed E-state index contributed by atoms with van der Waals surface area (Å²) in [5.41, 5.74) is 1.53. The number of aromatic amines is 1. The van der Waals surface area contributed by atoms with E-state index in [0.717, 1.165) is 5.75 Å². The van der Waals surface area contributed by atoms with Crippen LogP contribution in [0.25, 0.3) is 0 Å². The number of nitrogens with one attached hydrogen (secondary N) is 1. The zero-order chi connectivity index (χ0) is 19.4. The summed E-state index contributed by atoms with van der Waals surface area (Å²) in [7, 11) is 1.65. The summed E-state index contributed by atoms with van der Waals surface area (Å²) in [6.45, 7) is 2.04. The van der Waals surface area contributed by atoms with Gasteiger partial charge in [0.15, 0.2) is 17.5 Å². The number of fused-ring (bicyclic) bond motifs is 1. The maximum Gasteiger partial charge on any atom is 0.264 e. The van der Waals surface area contributed by atoms with Gasteiger partial charge in [-0.2, -0.15) is 11.8 Å². The van der Waals surface area contributed by atoms with Crippen LogP contribution in [0.15, 0.2) is 34.2 Å². The fraction of sp³-hybridized carbons (Fsp3) is 0.333. The molecule has 1 aliphatic heterocycles. The van der Waals surface area contributed by atoms with Gasteiger partial charge in [-0.25, -0.2) is 4.98 Å². The fourth-order valence-electron chi connectivity index (χ4n) is 2.50. The van der Waals surface area contributed by atoms with Crippen molar-refractivity contribution in [2.45, 2.75) is 17.8 Å². The lowest BCUT2D eigenvalue weighted by atomic mass is 10.1. The summed E-state index contributed by atoms with van der Waals surface area (Å²) in [5, 5.41) is 0.427. The summed E-state index contributed by atoms with van der Waals surface area (Å²) in [4.78, 5) is 44.6. The molecule has 0 atom stereocenters. The molecule has 0 bridgehead atoms. The maximum atomic E-state index is 12.5. The first kappa shape index (κ1) is 19.5. The molecule has 1 aliphatic rings. The Morgan fingerprint density at radius 2 is 2.15 bits per heavy atom. The number of carbonyl (C=O) groups excluding carboxylic acids is 2. The third-order valence-electron chi connectivity index (χ3n) is 3.93. The summed E-state index contributed by atoms with van der Waals surface area (Å²) in [6.07, 6.45) is 0. The van der Waals surface area contributed by atoms with E-state index in [0.29, 0.717) is 33.6 Å². The standard InChI is InChI=1S/C18H19N3O4S2/c1-3-26-9-12-7-16(23)20-18(19-12)27-10-14(22)11-4-5-15-13(6-11)21(2)17(24)8-25-15/h4-7H,3,8-10H2,1-2H3,(H,19,20,23). The van der Waals surface area contributed by atoms with Crippen LogP contribution in [-0.2, 0) is 10.5 Å². The first-order valence-electron chi connectivity index (χ1n) is 8.35. The van der Waals surface area contributed by atoms with Gasteiger partial charge in [-0.1, -0.05) is 18.7 Å². The summed E-state index contributed by atoms with van der Waals surface area (Å²) in [5.74, 6) is 2.02. The van der Waals surface area contributed by atoms with Crippen molar-refractivity contribution in [2.75, 3.05) is 30.1 Å². The van der Waals surface area contributed by atoms with Gasteiger partial charge in [-0.3, -0.25) is 14.4 Å². The van der Waals surface area contributed by atoms with Crippen LogP contribution < -0.4 is 15.2 Å². The monoisotopic (exact) mass is 405 g/mol. The number of aromatic nitrogens is 2. The predicted octanol–water partition coefficient (Wildman–Crippen LogP) is 2.35. The zero-order valence-corrected chi connectivity index (χ0v) is 16.6. The first-order valence-corrected chi connectivity index (χ1v) is 10.5. The van der Waals surface area contributed by atoms with Crippen LogP contribution in [0, 0.1) is 0 Å². The molecule has 3 rings (SSSR count). The van der Waals surface area contributed by atoms with E-state index in [4.69, 9.17) is 4.74 Å². The number of anilines is 1. The maximum absolute atomic E-state index is 12.5. The van der Waals surface area contributed by atoms with Gasteiger partial charge in [0.2, 0.25) is 0 Å². The third kappa shape index (κ3) is 4.72. The Morgan fingerprint density at radius 1 is 1.33 bits per heavy atom. The van der Waals surface area contributed by atoms with Crippen LogP contribution in [0.5, 0.6) is 5.75 Å². The molecule has 0 unspecified atom stereocenters. The number of H-pyrrole nitrogens is 1. The normalized spacial score (nSPS) is 13.3. The highest BCUT2D eigenvalue weighted by Gasteiger charge is 2.23. The number of nitrogens with zero attached hydrogens (tertiary/aromatic N) is 2. The molecule has 142 valence electrons. The Hall–Kier alpha value is -2.26. The van der Waals surface area contributed by atoms with Gasteiger partial charge in [0.1, 0.15) is 5.75 Å². The van der Waals surface area contributed by atoms with E-state index in [2.05, 4.69) is 9.97 Å². The number of amides is 1. The molecule has 2 aromatic rings.